The lowest BCUT2D eigenvalue weighted by atomic mass is 9.86. The first kappa shape index (κ1) is 16.5. The van der Waals surface area contributed by atoms with E-state index >= 15 is 0 Å². The molecule has 0 saturated carbocycles. The van der Waals surface area contributed by atoms with Crippen molar-refractivity contribution in [2.24, 2.45) is 0 Å². The van der Waals surface area contributed by atoms with Crippen LogP contribution in [0.15, 0.2) is 24.3 Å². The molecule has 0 aliphatic carbocycles. The van der Waals surface area contributed by atoms with E-state index in [4.69, 9.17) is 0 Å². The van der Waals surface area contributed by atoms with Crippen molar-refractivity contribution >= 4 is 6.03 Å². The van der Waals surface area contributed by atoms with Gasteiger partial charge in [0.15, 0.2) is 0 Å². The fourth-order valence-electron chi connectivity index (χ4n) is 1.92. The number of rotatable bonds is 4. The summed E-state index contributed by atoms with van der Waals surface area (Å²) in [6.07, 6.45) is 0.933. The molecule has 1 aromatic rings. The van der Waals surface area contributed by atoms with Gasteiger partial charge in [-0.25, -0.2) is 4.79 Å². The highest BCUT2D eigenvalue weighted by molar-refractivity contribution is 5.74. The lowest BCUT2D eigenvalue weighted by molar-refractivity contribution is 0.234. The van der Waals surface area contributed by atoms with Crippen molar-refractivity contribution in [3.8, 4) is 0 Å². The number of hydrogen-bond acceptors (Lipinski definition) is 1. The summed E-state index contributed by atoms with van der Waals surface area (Å²) in [4.78, 5) is 11.8. The van der Waals surface area contributed by atoms with Gasteiger partial charge in [-0.15, -0.1) is 0 Å². The Bertz CT molecular complexity index is 431. The van der Waals surface area contributed by atoms with Gasteiger partial charge in [-0.1, -0.05) is 52.0 Å². The second kappa shape index (κ2) is 6.78. The predicted octanol–water partition coefficient (Wildman–Crippen LogP) is 4.14. The summed E-state index contributed by atoms with van der Waals surface area (Å²) in [6.45, 7) is 12.7. The molecule has 2 unspecified atom stereocenters. The van der Waals surface area contributed by atoms with E-state index in [-0.39, 0.29) is 23.5 Å². The Labute approximate surface area is 123 Å². The van der Waals surface area contributed by atoms with Crippen LogP contribution in [0.25, 0.3) is 0 Å². The van der Waals surface area contributed by atoms with Crippen molar-refractivity contribution in [2.75, 3.05) is 0 Å². The summed E-state index contributed by atoms with van der Waals surface area (Å²) in [5, 5.41) is 5.89. The molecule has 1 rings (SSSR count). The van der Waals surface area contributed by atoms with E-state index in [2.05, 4.69) is 62.6 Å². The number of benzene rings is 1. The molecule has 2 N–H and O–H groups in total. The third-order valence-electron chi connectivity index (χ3n) is 3.61. The molecule has 2 amide bonds. The Balaban J connectivity index is 2.64. The Morgan fingerprint density at radius 1 is 1.10 bits per heavy atom. The van der Waals surface area contributed by atoms with Crippen molar-refractivity contribution in [1.29, 1.82) is 0 Å². The van der Waals surface area contributed by atoms with Gasteiger partial charge < -0.3 is 10.6 Å². The normalized spacial score (nSPS) is 14.5. The molecule has 0 aromatic heterocycles. The maximum atomic E-state index is 11.8. The zero-order valence-corrected chi connectivity index (χ0v) is 13.6. The number of carbonyl (C=O) groups excluding carboxylic acids is 1. The second-order valence-electron chi connectivity index (χ2n) is 6.52. The van der Waals surface area contributed by atoms with Crippen molar-refractivity contribution in [3.05, 3.63) is 35.4 Å². The largest absolute Gasteiger partial charge is 0.336 e. The minimum atomic E-state index is -0.105. The summed E-state index contributed by atoms with van der Waals surface area (Å²) in [5.41, 5.74) is 2.58. The molecule has 0 heterocycles. The summed E-state index contributed by atoms with van der Waals surface area (Å²) in [7, 11) is 0. The molecule has 0 bridgehead atoms. The first-order valence-electron chi connectivity index (χ1n) is 7.41. The van der Waals surface area contributed by atoms with Crippen LogP contribution in [0.5, 0.6) is 0 Å². The van der Waals surface area contributed by atoms with Gasteiger partial charge in [-0.2, -0.15) is 0 Å². The van der Waals surface area contributed by atoms with Crippen molar-refractivity contribution in [3.63, 3.8) is 0 Å². The third-order valence-corrected chi connectivity index (χ3v) is 3.61. The molecule has 1 aromatic carbocycles. The zero-order chi connectivity index (χ0) is 15.3. The number of carbonyl (C=O) groups is 1. The smallest absolute Gasteiger partial charge is 0.315 e. The maximum absolute atomic E-state index is 11.8. The van der Waals surface area contributed by atoms with Gasteiger partial charge >= 0.3 is 6.03 Å². The molecule has 0 radical (unpaired) electrons. The van der Waals surface area contributed by atoms with Crippen LogP contribution in [0, 0.1) is 0 Å². The fourth-order valence-corrected chi connectivity index (χ4v) is 1.92. The third kappa shape index (κ3) is 4.87. The molecule has 0 aliphatic heterocycles. The summed E-state index contributed by atoms with van der Waals surface area (Å²) >= 11 is 0. The molecule has 0 spiro atoms. The van der Waals surface area contributed by atoms with Gasteiger partial charge in [0.25, 0.3) is 0 Å². The fraction of sp³-hybridized carbons (Fsp3) is 0.588. The Kier molecular flexibility index (Phi) is 5.61. The summed E-state index contributed by atoms with van der Waals surface area (Å²) in [6, 6.07) is 8.56. The molecular weight excluding hydrogens is 248 g/mol. The standard InChI is InChI=1S/C17H28N2O/c1-7-12(2)18-16(20)19-13(3)14-8-10-15(11-9-14)17(4,5)6/h8-13H,7H2,1-6H3,(H2,18,19,20). The van der Waals surface area contributed by atoms with E-state index in [1.807, 2.05) is 13.8 Å². The van der Waals surface area contributed by atoms with Gasteiger partial charge in [0.1, 0.15) is 0 Å². The SMILES string of the molecule is CCC(C)NC(=O)NC(C)c1ccc(C(C)(C)C)cc1. The van der Waals surface area contributed by atoms with E-state index in [1.165, 1.54) is 5.56 Å². The van der Waals surface area contributed by atoms with Gasteiger partial charge in [-0.3, -0.25) is 0 Å². The highest BCUT2D eigenvalue weighted by Gasteiger charge is 2.15. The van der Waals surface area contributed by atoms with Crippen LogP contribution in [-0.4, -0.2) is 12.1 Å². The van der Waals surface area contributed by atoms with E-state index in [9.17, 15) is 4.79 Å². The highest BCUT2D eigenvalue weighted by Crippen LogP contribution is 2.23. The molecule has 2 atom stereocenters. The lowest BCUT2D eigenvalue weighted by Crippen LogP contribution is -2.41. The summed E-state index contributed by atoms with van der Waals surface area (Å²) in [5.74, 6) is 0. The van der Waals surface area contributed by atoms with Crippen LogP contribution in [0.1, 0.15) is 65.1 Å². The first-order valence-corrected chi connectivity index (χ1v) is 7.41. The van der Waals surface area contributed by atoms with E-state index in [1.54, 1.807) is 0 Å². The van der Waals surface area contributed by atoms with Crippen molar-refractivity contribution in [1.82, 2.24) is 10.6 Å². The van der Waals surface area contributed by atoms with Crippen LogP contribution < -0.4 is 10.6 Å². The van der Waals surface area contributed by atoms with E-state index < -0.39 is 0 Å². The Morgan fingerprint density at radius 3 is 2.10 bits per heavy atom. The minimum absolute atomic E-state index is 0.00748. The molecule has 0 saturated heterocycles. The number of urea groups is 1. The molecule has 3 nitrogen and oxygen atoms in total. The predicted molar refractivity (Wildman–Crippen MR) is 85.0 cm³/mol. The molecule has 0 fully saturated rings. The minimum Gasteiger partial charge on any atom is -0.336 e. The second-order valence-corrected chi connectivity index (χ2v) is 6.52. The van der Waals surface area contributed by atoms with Gasteiger partial charge in [0.2, 0.25) is 0 Å². The van der Waals surface area contributed by atoms with Gasteiger partial charge in [-0.05, 0) is 36.8 Å². The lowest BCUT2D eigenvalue weighted by Gasteiger charge is -2.21. The number of hydrogen-bond donors (Lipinski definition) is 2. The average molecular weight is 276 g/mol. The van der Waals surface area contributed by atoms with E-state index in [0.717, 1.165) is 12.0 Å². The first-order chi connectivity index (χ1) is 9.24. The van der Waals surface area contributed by atoms with Crippen LogP contribution in [0.4, 0.5) is 4.79 Å². The summed E-state index contributed by atoms with van der Waals surface area (Å²) < 4.78 is 0. The molecule has 20 heavy (non-hydrogen) atoms. The van der Waals surface area contributed by atoms with Crippen molar-refractivity contribution < 1.29 is 4.79 Å². The monoisotopic (exact) mass is 276 g/mol. The number of amides is 2. The molecule has 3 heteroatoms. The molecule has 0 aliphatic rings. The Morgan fingerprint density at radius 2 is 1.65 bits per heavy atom. The maximum Gasteiger partial charge on any atom is 0.315 e. The Hall–Kier alpha value is -1.51. The molecular formula is C17H28N2O. The van der Waals surface area contributed by atoms with Crippen LogP contribution in [0.3, 0.4) is 0 Å². The van der Waals surface area contributed by atoms with Crippen LogP contribution >= 0.6 is 0 Å². The zero-order valence-electron chi connectivity index (χ0n) is 13.6. The molecule has 112 valence electrons. The van der Waals surface area contributed by atoms with Crippen LogP contribution in [0.2, 0.25) is 0 Å². The highest BCUT2D eigenvalue weighted by atomic mass is 16.2. The number of nitrogens with one attached hydrogen (secondary N) is 2. The van der Waals surface area contributed by atoms with Crippen LogP contribution in [-0.2, 0) is 5.41 Å². The average Bonchev–Trinajstić information content (AvgIpc) is 2.37. The quantitative estimate of drug-likeness (QED) is 0.852. The van der Waals surface area contributed by atoms with Gasteiger partial charge in [0.05, 0.1) is 6.04 Å². The van der Waals surface area contributed by atoms with Gasteiger partial charge in [0, 0.05) is 6.04 Å². The van der Waals surface area contributed by atoms with Crippen molar-refractivity contribution in [2.45, 2.75) is 65.5 Å². The topological polar surface area (TPSA) is 41.1 Å². The van der Waals surface area contributed by atoms with E-state index in [0.29, 0.717) is 0 Å².